The molecule has 0 aliphatic rings. The van der Waals surface area contributed by atoms with E-state index in [1.165, 1.54) is 18.2 Å². The van der Waals surface area contributed by atoms with Crippen molar-refractivity contribution < 1.29 is 15.1 Å². The van der Waals surface area contributed by atoms with Gasteiger partial charge in [-0.15, -0.1) is 0 Å². The second-order valence-electron chi connectivity index (χ2n) is 6.81. The highest BCUT2D eigenvalue weighted by atomic mass is 16.6. The average molecular weight is 344 g/mol. The lowest BCUT2D eigenvalue weighted by molar-refractivity contribution is -0.384. The van der Waals surface area contributed by atoms with Crippen LogP contribution in [0.3, 0.4) is 0 Å². The summed E-state index contributed by atoms with van der Waals surface area (Å²) in [4.78, 5) is 10.4. The van der Waals surface area contributed by atoms with E-state index in [0.717, 1.165) is 5.56 Å². The van der Waals surface area contributed by atoms with Gasteiger partial charge in [-0.25, -0.2) is 0 Å². The first kappa shape index (κ1) is 18.9. The van der Waals surface area contributed by atoms with Crippen molar-refractivity contribution in [2.45, 2.75) is 26.3 Å². The van der Waals surface area contributed by atoms with Gasteiger partial charge >= 0.3 is 0 Å². The molecule has 1 unspecified atom stereocenters. The summed E-state index contributed by atoms with van der Waals surface area (Å²) in [5, 5.41) is 33.8. The fraction of sp³-hybridized carbons (Fsp3) is 0.368. The monoisotopic (exact) mass is 344 g/mol. The van der Waals surface area contributed by atoms with Crippen LogP contribution >= 0.6 is 0 Å². The van der Waals surface area contributed by atoms with Crippen LogP contribution in [0.15, 0.2) is 48.5 Å². The maximum Gasteiger partial charge on any atom is 0.270 e. The summed E-state index contributed by atoms with van der Waals surface area (Å²) in [7, 11) is 0. The molecule has 134 valence electrons. The summed E-state index contributed by atoms with van der Waals surface area (Å²) in [5.74, 6) is 0.0790. The molecule has 0 heterocycles. The van der Waals surface area contributed by atoms with E-state index in [0.29, 0.717) is 18.7 Å². The van der Waals surface area contributed by atoms with Crippen LogP contribution < -0.4 is 5.32 Å². The van der Waals surface area contributed by atoms with Crippen molar-refractivity contribution in [3.8, 4) is 5.75 Å². The quantitative estimate of drug-likeness (QED) is 0.505. The molecule has 0 aliphatic heterocycles. The van der Waals surface area contributed by atoms with E-state index in [4.69, 9.17) is 0 Å². The number of non-ortho nitro benzene ring substituents is 1. The minimum absolute atomic E-state index is 0.0239. The van der Waals surface area contributed by atoms with E-state index in [2.05, 4.69) is 5.32 Å². The zero-order valence-corrected chi connectivity index (χ0v) is 14.5. The van der Waals surface area contributed by atoms with Gasteiger partial charge in [0.05, 0.1) is 4.92 Å². The Morgan fingerprint density at radius 1 is 1.20 bits per heavy atom. The Morgan fingerprint density at radius 3 is 2.48 bits per heavy atom. The Morgan fingerprint density at radius 2 is 1.88 bits per heavy atom. The SMILES string of the molecule is CC(C)(CO)C(CNCc1cc([N+](=O)[O-])ccc1O)c1ccccc1. The van der Waals surface area contributed by atoms with Crippen molar-refractivity contribution >= 4 is 5.69 Å². The van der Waals surface area contributed by atoms with Gasteiger partial charge in [0.25, 0.3) is 5.69 Å². The third-order valence-electron chi connectivity index (χ3n) is 4.49. The molecule has 2 aromatic rings. The standard InChI is InChI=1S/C19H24N2O4/c1-19(2,13-22)17(14-6-4-3-5-7-14)12-20-11-15-10-16(21(24)25)8-9-18(15)23/h3-10,17,20,22-23H,11-13H2,1-2H3. The molecule has 0 fully saturated rings. The predicted molar refractivity (Wildman–Crippen MR) is 96.5 cm³/mol. The van der Waals surface area contributed by atoms with Gasteiger partial charge in [-0.2, -0.15) is 0 Å². The molecule has 0 aromatic heterocycles. The Labute approximate surface area is 147 Å². The summed E-state index contributed by atoms with van der Waals surface area (Å²) in [6, 6.07) is 13.9. The van der Waals surface area contributed by atoms with Crippen LogP contribution in [0, 0.1) is 15.5 Å². The first-order valence-corrected chi connectivity index (χ1v) is 8.18. The molecule has 25 heavy (non-hydrogen) atoms. The van der Waals surface area contributed by atoms with Gasteiger partial charge in [0.2, 0.25) is 0 Å². The molecule has 1 atom stereocenters. The van der Waals surface area contributed by atoms with Crippen molar-refractivity contribution in [2.24, 2.45) is 5.41 Å². The maximum atomic E-state index is 10.9. The van der Waals surface area contributed by atoms with Crippen molar-refractivity contribution in [1.29, 1.82) is 0 Å². The topological polar surface area (TPSA) is 95.6 Å². The molecule has 0 saturated heterocycles. The molecule has 0 saturated carbocycles. The number of nitro benzene ring substituents is 1. The average Bonchev–Trinajstić information content (AvgIpc) is 2.60. The van der Waals surface area contributed by atoms with E-state index in [1.807, 2.05) is 44.2 Å². The zero-order chi connectivity index (χ0) is 18.4. The minimum atomic E-state index is -0.482. The first-order chi connectivity index (χ1) is 11.8. The highest BCUT2D eigenvalue weighted by molar-refractivity contribution is 5.42. The molecule has 2 rings (SSSR count). The van der Waals surface area contributed by atoms with E-state index < -0.39 is 4.92 Å². The number of hydrogen-bond donors (Lipinski definition) is 3. The van der Waals surface area contributed by atoms with Crippen molar-refractivity contribution in [1.82, 2.24) is 5.32 Å². The molecular weight excluding hydrogens is 320 g/mol. The molecule has 3 N–H and O–H groups in total. The number of aliphatic hydroxyl groups excluding tert-OH is 1. The van der Waals surface area contributed by atoms with E-state index in [9.17, 15) is 20.3 Å². The Kier molecular flexibility index (Phi) is 6.12. The highest BCUT2D eigenvalue weighted by Crippen LogP contribution is 2.34. The third-order valence-corrected chi connectivity index (χ3v) is 4.49. The van der Waals surface area contributed by atoms with Crippen LogP contribution in [-0.4, -0.2) is 28.3 Å². The molecule has 0 aliphatic carbocycles. The van der Waals surface area contributed by atoms with Gasteiger partial charge in [-0.05, 0) is 17.0 Å². The second-order valence-corrected chi connectivity index (χ2v) is 6.81. The Balaban J connectivity index is 2.12. The number of rotatable bonds is 8. The zero-order valence-electron chi connectivity index (χ0n) is 14.5. The fourth-order valence-corrected chi connectivity index (χ4v) is 2.82. The fourth-order valence-electron chi connectivity index (χ4n) is 2.82. The van der Waals surface area contributed by atoms with E-state index in [-0.39, 0.29) is 29.4 Å². The molecular formula is C19H24N2O4. The molecule has 6 nitrogen and oxygen atoms in total. The summed E-state index contributed by atoms with van der Waals surface area (Å²) in [6.45, 7) is 4.91. The number of aromatic hydroxyl groups is 1. The van der Waals surface area contributed by atoms with Crippen molar-refractivity contribution in [3.63, 3.8) is 0 Å². The van der Waals surface area contributed by atoms with Gasteiger partial charge in [0.1, 0.15) is 5.75 Å². The molecule has 0 radical (unpaired) electrons. The molecule has 2 aromatic carbocycles. The largest absolute Gasteiger partial charge is 0.508 e. The van der Waals surface area contributed by atoms with Crippen molar-refractivity contribution in [3.05, 3.63) is 69.8 Å². The number of nitrogens with one attached hydrogen (secondary N) is 1. The normalized spacial score (nSPS) is 12.8. The van der Waals surface area contributed by atoms with Crippen LogP contribution in [-0.2, 0) is 6.54 Å². The lowest BCUT2D eigenvalue weighted by atomic mass is 9.75. The van der Waals surface area contributed by atoms with Gasteiger partial charge in [-0.3, -0.25) is 10.1 Å². The number of phenolic OH excluding ortho intramolecular Hbond substituents is 1. The maximum absolute atomic E-state index is 10.9. The number of nitro groups is 1. The Bertz CT molecular complexity index is 717. The van der Waals surface area contributed by atoms with Gasteiger partial charge in [0.15, 0.2) is 0 Å². The predicted octanol–water partition coefficient (Wildman–Crippen LogP) is 3.19. The van der Waals surface area contributed by atoms with Gasteiger partial charge in [0, 0.05) is 43.3 Å². The number of aliphatic hydroxyl groups is 1. The summed E-state index contributed by atoms with van der Waals surface area (Å²) < 4.78 is 0. The molecule has 0 bridgehead atoms. The highest BCUT2D eigenvalue weighted by Gasteiger charge is 2.29. The van der Waals surface area contributed by atoms with Crippen LogP contribution in [0.4, 0.5) is 5.69 Å². The minimum Gasteiger partial charge on any atom is -0.508 e. The van der Waals surface area contributed by atoms with Crippen LogP contribution in [0.25, 0.3) is 0 Å². The van der Waals surface area contributed by atoms with Gasteiger partial charge < -0.3 is 15.5 Å². The molecule has 0 amide bonds. The lowest BCUT2D eigenvalue weighted by Gasteiger charge is -2.33. The van der Waals surface area contributed by atoms with E-state index >= 15 is 0 Å². The van der Waals surface area contributed by atoms with E-state index in [1.54, 1.807) is 0 Å². The number of nitrogens with zero attached hydrogens (tertiary/aromatic N) is 1. The lowest BCUT2D eigenvalue weighted by Crippen LogP contribution is -2.34. The van der Waals surface area contributed by atoms with Crippen molar-refractivity contribution in [2.75, 3.05) is 13.2 Å². The molecule has 6 heteroatoms. The third kappa shape index (κ3) is 4.78. The number of benzene rings is 2. The number of hydrogen-bond acceptors (Lipinski definition) is 5. The van der Waals surface area contributed by atoms with Crippen LogP contribution in [0.5, 0.6) is 5.75 Å². The first-order valence-electron chi connectivity index (χ1n) is 8.18. The second kappa shape index (κ2) is 8.09. The number of phenols is 1. The van der Waals surface area contributed by atoms with Gasteiger partial charge in [-0.1, -0.05) is 44.2 Å². The summed E-state index contributed by atoms with van der Waals surface area (Å²) in [5.41, 5.74) is 1.20. The smallest absolute Gasteiger partial charge is 0.270 e. The van der Waals surface area contributed by atoms with Crippen LogP contribution in [0.2, 0.25) is 0 Å². The Hall–Kier alpha value is -2.44. The summed E-state index contributed by atoms with van der Waals surface area (Å²) >= 11 is 0. The molecule has 0 spiro atoms. The summed E-state index contributed by atoms with van der Waals surface area (Å²) in [6.07, 6.45) is 0. The van der Waals surface area contributed by atoms with Crippen LogP contribution in [0.1, 0.15) is 30.9 Å².